The molecule has 0 rings (SSSR count). The van der Waals surface area contributed by atoms with E-state index in [4.69, 9.17) is 0 Å². The topological polar surface area (TPSA) is 61.4 Å². The monoisotopic (exact) mass is 131 g/mol. The molecule has 0 radical (unpaired) electrons. The summed E-state index contributed by atoms with van der Waals surface area (Å²) in [5, 5.41) is 3.35. The van der Waals surface area contributed by atoms with Crippen LogP contribution in [0.25, 0.3) is 0 Å². The van der Waals surface area contributed by atoms with Gasteiger partial charge in [-0.2, -0.15) is 0 Å². The zero-order valence-electron chi connectivity index (χ0n) is 5.34. The second-order valence-corrected chi connectivity index (χ2v) is 1.36. The lowest BCUT2D eigenvalue weighted by Crippen LogP contribution is -2.43. The molecule has 0 bridgehead atoms. The van der Waals surface area contributed by atoms with Gasteiger partial charge < -0.3 is 5.32 Å². The molecule has 0 heterocycles. The van der Waals surface area contributed by atoms with Gasteiger partial charge in [0.1, 0.15) is 0 Å². The number of carbonyl (C=O) groups is 2. The van der Waals surface area contributed by atoms with Crippen molar-refractivity contribution < 1.29 is 9.59 Å². The highest BCUT2D eigenvalue weighted by molar-refractivity contribution is 5.74. The summed E-state index contributed by atoms with van der Waals surface area (Å²) in [5.74, 6) is 0. The second-order valence-electron chi connectivity index (χ2n) is 1.36. The van der Waals surface area contributed by atoms with Gasteiger partial charge in [0.25, 0.3) is 0 Å². The van der Waals surface area contributed by atoms with Crippen molar-refractivity contribution in [2.24, 2.45) is 0 Å². The zero-order valence-corrected chi connectivity index (χ0v) is 5.34. The average molecular weight is 131 g/mol. The molecule has 2 N–H and O–H groups in total. The minimum absolute atomic E-state index is 0.359. The Kier molecular flexibility index (Phi) is 3.19. The Morgan fingerprint density at radius 2 is 2.22 bits per heavy atom. The molecule has 0 aromatic rings. The molecular weight excluding hydrogens is 122 g/mol. The van der Waals surface area contributed by atoms with E-state index in [1.165, 1.54) is 14.1 Å². The number of carbonyl (C=O) groups excluding carboxylic acids is 2. The SMILES string of the molecule is CNC(=O)N(C)NC=O. The van der Waals surface area contributed by atoms with E-state index in [0.717, 1.165) is 5.01 Å². The van der Waals surface area contributed by atoms with E-state index in [9.17, 15) is 9.59 Å². The first kappa shape index (κ1) is 7.74. The van der Waals surface area contributed by atoms with Crippen LogP contribution < -0.4 is 10.7 Å². The highest BCUT2D eigenvalue weighted by Gasteiger charge is 2.00. The Hall–Kier alpha value is -1.26. The normalized spacial score (nSPS) is 7.78. The molecular formula is C4H9N3O2. The third kappa shape index (κ3) is 2.53. The molecule has 5 nitrogen and oxygen atoms in total. The molecule has 5 heteroatoms. The maximum absolute atomic E-state index is 10.5. The lowest BCUT2D eigenvalue weighted by Gasteiger charge is -2.12. The minimum Gasteiger partial charge on any atom is -0.340 e. The van der Waals surface area contributed by atoms with Gasteiger partial charge in [-0.05, 0) is 0 Å². The van der Waals surface area contributed by atoms with E-state index in [0.29, 0.717) is 6.41 Å². The quantitative estimate of drug-likeness (QED) is 0.370. The summed E-state index contributed by atoms with van der Waals surface area (Å²) in [5.41, 5.74) is 2.14. The fraction of sp³-hybridized carbons (Fsp3) is 0.500. The molecule has 0 atom stereocenters. The smallest absolute Gasteiger partial charge is 0.335 e. The minimum atomic E-state index is -0.359. The standard InChI is InChI=1S/C4H9N3O2/c1-5-4(9)7(2)6-3-8/h3H,1-2H3,(H,5,9)(H,6,8). The predicted molar refractivity (Wildman–Crippen MR) is 31.4 cm³/mol. The maximum atomic E-state index is 10.5. The molecule has 0 fully saturated rings. The van der Waals surface area contributed by atoms with Gasteiger partial charge in [-0.15, -0.1) is 0 Å². The van der Waals surface area contributed by atoms with Crippen LogP contribution in [0.1, 0.15) is 0 Å². The number of hydrogen-bond donors (Lipinski definition) is 2. The van der Waals surface area contributed by atoms with Gasteiger partial charge in [0.2, 0.25) is 6.41 Å². The van der Waals surface area contributed by atoms with Gasteiger partial charge in [-0.25, -0.2) is 9.80 Å². The molecule has 0 aromatic carbocycles. The van der Waals surface area contributed by atoms with Gasteiger partial charge >= 0.3 is 6.03 Å². The van der Waals surface area contributed by atoms with Crippen molar-refractivity contribution in [3.8, 4) is 0 Å². The number of rotatable bonds is 2. The van der Waals surface area contributed by atoms with E-state index in [2.05, 4.69) is 10.7 Å². The van der Waals surface area contributed by atoms with Crippen molar-refractivity contribution in [1.82, 2.24) is 15.8 Å². The molecule has 0 aliphatic heterocycles. The average Bonchev–Trinajstić information content (AvgIpc) is 1.87. The Balaban J connectivity index is 3.58. The molecule has 0 aliphatic carbocycles. The number of urea groups is 1. The van der Waals surface area contributed by atoms with Crippen LogP contribution in [0.4, 0.5) is 4.79 Å². The van der Waals surface area contributed by atoms with Crippen molar-refractivity contribution in [2.75, 3.05) is 14.1 Å². The first-order valence-electron chi connectivity index (χ1n) is 2.37. The van der Waals surface area contributed by atoms with Gasteiger partial charge in [-0.1, -0.05) is 0 Å². The molecule has 52 valence electrons. The summed E-state index contributed by atoms with van der Waals surface area (Å²) in [6.45, 7) is 0. The number of hydrogen-bond acceptors (Lipinski definition) is 2. The van der Waals surface area contributed by atoms with Crippen molar-refractivity contribution in [2.45, 2.75) is 0 Å². The van der Waals surface area contributed by atoms with Gasteiger partial charge in [-0.3, -0.25) is 10.2 Å². The molecule has 9 heavy (non-hydrogen) atoms. The van der Waals surface area contributed by atoms with Crippen LogP contribution in [0.15, 0.2) is 0 Å². The molecule has 3 amide bonds. The van der Waals surface area contributed by atoms with E-state index in [-0.39, 0.29) is 6.03 Å². The molecule has 0 saturated heterocycles. The van der Waals surface area contributed by atoms with Crippen LogP contribution in [0.2, 0.25) is 0 Å². The van der Waals surface area contributed by atoms with E-state index >= 15 is 0 Å². The summed E-state index contributed by atoms with van der Waals surface area (Å²) >= 11 is 0. The van der Waals surface area contributed by atoms with Gasteiger partial charge in [0.15, 0.2) is 0 Å². The molecule has 0 unspecified atom stereocenters. The van der Waals surface area contributed by atoms with Crippen molar-refractivity contribution in [3.05, 3.63) is 0 Å². The van der Waals surface area contributed by atoms with Crippen molar-refractivity contribution >= 4 is 12.4 Å². The number of hydrazine groups is 1. The summed E-state index contributed by atoms with van der Waals surface area (Å²) in [4.78, 5) is 20.2. The number of nitrogens with zero attached hydrogens (tertiary/aromatic N) is 1. The zero-order chi connectivity index (χ0) is 7.28. The van der Waals surface area contributed by atoms with Crippen molar-refractivity contribution in [3.63, 3.8) is 0 Å². The highest BCUT2D eigenvalue weighted by atomic mass is 16.2. The lowest BCUT2D eigenvalue weighted by molar-refractivity contribution is -0.112. The summed E-state index contributed by atoms with van der Waals surface area (Å²) < 4.78 is 0. The van der Waals surface area contributed by atoms with Crippen LogP contribution in [-0.2, 0) is 4.79 Å². The maximum Gasteiger partial charge on any atom is 0.335 e. The predicted octanol–water partition coefficient (Wildman–Crippen LogP) is -1.08. The first-order chi connectivity index (χ1) is 4.22. The first-order valence-corrected chi connectivity index (χ1v) is 2.37. The van der Waals surface area contributed by atoms with E-state index < -0.39 is 0 Å². The van der Waals surface area contributed by atoms with Crippen LogP contribution in [-0.4, -0.2) is 31.5 Å². The van der Waals surface area contributed by atoms with Crippen LogP contribution >= 0.6 is 0 Å². The molecule has 0 aromatic heterocycles. The summed E-state index contributed by atoms with van der Waals surface area (Å²) in [6.07, 6.45) is 0.426. The second kappa shape index (κ2) is 3.71. The molecule has 0 aliphatic rings. The largest absolute Gasteiger partial charge is 0.340 e. The van der Waals surface area contributed by atoms with Crippen LogP contribution in [0, 0.1) is 0 Å². The lowest BCUT2D eigenvalue weighted by atomic mass is 10.9. The molecule has 0 saturated carbocycles. The Bertz CT molecular complexity index is 114. The Morgan fingerprint density at radius 3 is 2.56 bits per heavy atom. The van der Waals surface area contributed by atoms with Gasteiger partial charge in [0.05, 0.1) is 0 Å². The molecule has 0 spiro atoms. The summed E-state index contributed by atoms with van der Waals surface area (Å²) in [7, 11) is 2.92. The third-order valence-corrected chi connectivity index (χ3v) is 0.765. The van der Waals surface area contributed by atoms with Crippen LogP contribution in [0.5, 0.6) is 0 Å². The van der Waals surface area contributed by atoms with Gasteiger partial charge in [0, 0.05) is 14.1 Å². The van der Waals surface area contributed by atoms with Crippen molar-refractivity contribution in [1.29, 1.82) is 0 Å². The Morgan fingerprint density at radius 1 is 1.67 bits per heavy atom. The third-order valence-electron chi connectivity index (χ3n) is 0.765. The van der Waals surface area contributed by atoms with Crippen LogP contribution in [0.3, 0.4) is 0 Å². The fourth-order valence-corrected chi connectivity index (χ4v) is 0.305. The summed E-state index contributed by atoms with van der Waals surface area (Å²) in [6, 6.07) is -0.359. The highest BCUT2D eigenvalue weighted by Crippen LogP contribution is 1.71. The van der Waals surface area contributed by atoms with E-state index in [1.54, 1.807) is 0 Å². The fourth-order valence-electron chi connectivity index (χ4n) is 0.305. The number of nitrogens with one attached hydrogen (secondary N) is 2. The number of amides is 3. The Labute approximate surface area is 53.0 Å². The van der Waals surface area contributed by atoms with E-state index in [1.807, 2.05) is 0 Å².